The van der Waals surface area contributed by atoms with Gasteiger partial charge in [-0.2, -0.15) is 0 Å². The summed E-state index contributed by atoms with van der Waals surface area (Å²) in [6.45, 7) is 0. The minimum absolute atomic E-state index is 0.887. The summed E-state index contributed by atoms with van der Waals surface area (Å²) in [5.74, 6) is 0. The van der Waals surface area contributed by atoms with Crippen molar-refractivity contribution in [2.75, 3.05) is 0 Å². The third-order valence-electron chi connectivity index (χ3n) is 9.05. The summed E-state index contributed by atoms with van der Waals surface area (Å²) in [7, 11) is 0. The zero-order valence-corrected chi connectivity index (χ0v) is 22.5. The molecule has 0 bridgehead atoms. The number of hydrogen-bond donors (Lipinski definition) is 0. The number of hydrogen-bond acceptors (Lipinski definition) is 2. The second-order valence-corrected chi connectivity index (χ2v) is 11.2. The molecule has 0 aliphatic carbocycles. The fourth-order valence-corrected chi connectivity index (χ4v) is 7.31. The Balaban J connectivity index is 1.38. The third kappa shape index (κ3) is 2.83. The van der Waals surface area contributed by atoms with Crippen LogP contribution in [0.2, 0.25) is 0 Å². The lowest BCUT2D eigenvalue weighted by molar-refractivity contribution is 0.663. The van der Waals surface area contributed by atoms with E-state index in [4.69, 9.17) is 8.83 Å². The van der Waals surface area contributed by atoms with Crippen molar-refractivity contribution in [1.82, 2.24) is 0 Å². The van der Waals surface area contributed by atoms with Crippen molar-refractivity contribution < 1.29 is 8.83 Å². The van der Waals surface area contributed by atoms with Gasteiger partial charge in [-0.1, -0.05) is 109 Å². The topological polar surface area (TPSA) is 26.3 Å². The minimum Gasteiger partial charge on any atom is -0.456 e. The zero-order chi connectivity index (χ0) is 27.4. The van der Waals surface area contributed by atoms with Crippen molar-refractivity contribution in [1.29, 1.82) is 0 Å². The van der Waals surface area contributed by atoms with Crippen LogP contribution < -0.4 is 0 Å². The van der Waals surface area contributed by atoms with Gasteiger partial charge in [0, 0.05) is 21.5 Å². The monoisotopic (exact) mass is 534 g/mol. The van der Waals surface area contributed by atoms with Crippen LogP contribution in [0.1, 0.15) is 0 Å². The molecule has 2 nitrogen and oxygen atoms in total. The van der Waals surface area contributed by atoms with Gasteiger partial charge >= 0.3 is 0 Å². The summed E-state index contributed by atoms with van der Waals surface area (Å²) >= 11 is 0. The Hall–Kier alpha value is -5.60. The molecule has 0 spiro atoms. The maximum Gasteiger partial charge on any atom is 0.135 e. The fourth-order valence-electron chi connectivity index (χ4n) is 7.31. The molecule has 194 valence electrons. The Morgan fingerprint density at radius 2 is 0.595 bits per heavy atom. The first-order valence-corrected chi connectivity index (χ1v) is 14.4. The average Bonchev–Trinajstić information content (AvgIpc) is 3.27. The van der Waals surface area contributed by atoms with Gasteiger partial charge in [0.05, 0.1) is 0 Å². The third-order valence-corrected chi connectivity index (χ3v) is 9.05. The van der Waals surface area contributed by atoms with Gasteiger partial charge in [-0.05, 0) is 78.5 Å². The van der Waals surface area contributed by atoms with E-state index in [1.807, 2.05) is 0 Å². The van der Waals surface area contributed by atoms with E-state index in [1.165, 1.54) is 54.2 Å². The standard InChI is InChI=1S/C40H22O2/c1-7-23-9-3-17-33-37(23)29(11-1)31-15-5-13-27-25(19-21-35(41-33)39(27)31)26-20-22-36-40-28(26)14-6-16-32(40)30-12-2-8-24-10-4-18-34(42-36)38(24)30/h1-22H. The molecule has 0 atom stereocenters. The van der Waals surface area contributed by atoms with Crippen LogP contribution in [-0.2, 0) is 0 Å². The molecule has 0 radical (unpaired) electrons. The number of fused-ring (bicyclic) bond motifs is 2. The normalized spacial score (nSPS) is 12.3. The number of benzene rings is 8. The van der Waals surface area contributed by atoms with Crippen molar-refractivity contribution >= 4 is 87.0 Å². The molecule has 0 amide bonds. The maximum atomic E-state index is 6.65. The highest BCUT2D eigenvalue weighted by Crippen LogP contribution is 2.44. The van der Waals surface area contributed by atoms with E-state index < -0.39 is 0 Å². The first kappa shape index (κ1) is 22.1. The van der Waals surface area contributed by atoms with Gasteiger partial charge in [0.1, 0.15) is 22.3 Å². The molecule has 8 aromatic carbocycles. The molecule has 2 heteroatoms. The van der Waals surface area contributed by atoms with Gasteiger partial charge in [0.2, 0.25) is 0 Å². The molecule has 0 saturated carbocycles. The Kier molecular flexibility index (Phi) is 4.21. The molecular weight excluding hydrogens is 512 g/mol. The predicted octanol–water partition coefficient (Wildman–Crippen LogP) is 11.8. The molecule has 0 fully saturated rings. The van der Waals surface area contributed by atoms with Crippen LogP contribution in [-0.4, -0.2) is 0 Å². The molecule has 0 saturated heterocycles. The fraction of sp³-hybridized carbons (Fsp3) is 0. The van der Waals surface area contributed by atoms with Crippen molar-refractivity contribution in [3.63, 3.8) is 0 Å². The van der Waals surface area contributed by atoms with Crippen LogP contribution in [0.25, 0.3) is 98.1 Å². The van der Waals surface area contributed by atoms with E-state index in [0.717, 1.165) is 43.9 Å². The molecule has 2 aromatic heterocycles. The van der Waals surface area contributed by atoms with Gasteiger partial charge in [-0.25, -0.2) is 0 Å². The molecule has 0 N–H and O–H groups in total. The van der Waals surface area contributed by atoms with Crippen molar-refractivity contribution in [3.8, 4) is 11.1 Å². The quantitative estimate of drug-likeness (QED) is 0.209. The highest BCUT2D eigenvalue weighted by molar-refractivity contribution is 6.28. The summed E-state index contributed by atoms with van der Waals surface area (Å²) in [5, 5.41) is 14.1. The van der Waals surface area contributed by atoms with Crippen LogP contribution in [0.15, 0.2) is 142 Å². The minimum atomic E-state index is 0.887. The molecule has 10 rings (SSSR count). The molecular formula is C40H22O2. The summed E-state index contributed by atoms with van der Waals surface area (Å²) in [5.41, 5.74) is 5.94. The lowest BCUT2D eigenvalue weighted by Crippen LogP contribution is -1.86. The lowest BCUT2D eigenvalue weighted by atomic mass is 9.90. The van der Waals surface area contributed by atoms with Crippen molar-refractivity contribution in [2.24, 2.45) is 0 Å². The summed E-state index contributed by atoms with van der Waals surface area (Å²) in [6.07, 6.45) is 0. The van der Waals surface area contributed by atoms with E-state index in [-0.39, 0.29) is 0 Å². The summed E-state index contributed by atoms with van der Waals surface area (Å²) in [4.78, 5) is 0. The molecule has 0 unspecified atom stereocenters. The molecule has 0 aliphatic rings. The van der Waals surface area contributed by atoms with Crippen LogP contribution in [0.3, 0.4) is 0 Å². The van der Waals surface area contributed by atoms with Crippen LogP contribution in [0, 0.1) is 0 Å². The second kappa shape index (κ2) is 7.99. The molecule has 10 aromatic rings. The molecule has 2 heterocycles. The van der Waals surface area contributed by atoms with Gasteiger partial charge in [0.15, 0.2) is 0 Å². The van der Waals surface area contributed by atoms with Crippen LogP contribution in [0.4, 0.5) is 0 Å². The van der Waals surface area contributed by atoms with E-state index in [1.54, 1.807) is 0 Å². The van der Waals surface area contributed by atoms with Crippen molar-refractivity contribution in [2.45, 2.75) is 0 Å². The van der Waals surface area contributed by atoms with Gasteiger partial charge < -0.3 is 8.83 Å². The largest absolute Gasteiger partial charge is 0.456 e. The Bertz CT molecular complexity index is 2540. The van der Waals surface area contributed by atoms with Crippen LogP contribution >= 0.6 is 0 Å². The van der Waals surface area contributed by atoms with Crippen molar-refractivity contribution in [3.05, 3.63) is 133 Å². The van der Waals surface area contributed by atoms with E-state index >= 15 is 0 Å². The molecule has 42 heavy (non-hydrogen) atoms. The van der Waals surface area contributed by atoms with Gasteiger partial charge in [-0.3, -0.25) is 0 Å². The Labute approximate surface area is 240 Å². The average molecular weight is 535 g/mol. The summed E-state index contributed by atoms with van der Waals surface area (Å²) < 4.78 is 13.3. The predicted molar refractivity (Wildman–Crippen MR) is 176 cm³/mol. The van der Waals surface area contributed by atoms with E-state index in [0.29, 0.717) is 0 Å². The second-order valence-electron chi connectivity index (χ2n) is 11.2. The van der Waals surface area contributed by atoms with Gasteiger partial charge in [-0.15, -0.1) is 0 Å². The van der Waals surface area contributed by atoms with E-state index in [9.17, 15) is 0 Å². The van der Waals surface area contributed by atoms with Gasteiger partial charge in [0.25, 0.3) is 0 Å². The first-order valence-electron chi connectivity index (χ1n) is 14.4. The SMILES string of the molecule is c1cc2cccc3c4cccc5c(-c6ccc7oc8cccc9cccc(c%10cccc6c7%10)c98)ccc(oc(c1)c23)c54. The van der Waals surface area contributed by atoms with Crippen LogP contribution in [0.5, 0.6) is 0 Å². The Morgan fingerprint density at radius 1 is 0.262 bits per heavy atom. The smallest absolute Gasteiger partial charge is 0.135 e. The lowest BCUT2D eigenvalue weighted by Gasteiger charge is -2.12. The Morgan fingerprint density at radius 3 is 1.05 bits per heavy atom. The zero-order valence-electron chi connectivity index (χ0n) is 22.5. The number of rotatable bonds is 1. The van der Waals surface area contributed by atoms with E-state index in [2.05, 4.69) is 133 Å². The highest BCUT2D eigenvalue weighted by atomic mass is 16.3. The summed E-state index contributed by atoms with van der Waals surface area (Å²) in [6, 6.07) is 47.6. The maximum absolute atomic E-state index is 6.65. The molecule has 0 aliphatic heterocycles. The first-order chi connectivity index (χ1) is 20.8. The highest BCUT2D eigenvalue weighted by Gasteiger charge is 2.17.